The Morgan fingerprint density at radius 3 is 3.07 bits per heavy atom. The van der Waals surface area contributed by atoms with Crippen molar-refractivity contribution in [2.45, 2.75) is 19.9 Å². The minimum atomic E-state index is 0.511. The van der Waals surface area contributed by atoms with Gasteiger partial charge in [0.25, 0.3) is 0 Å². The van der Waals surface area contributed by atoms with E-state index in [0.717, 1.165) is 24.2 Å². The Morgan fingerprint density at radius 2 is 2.33 bits per heavy atom. The number of nitrogen functional groups attached to an aromatic ring is 1. The molecule has 0 radical (unpaired) electrons. The lowest BCUT2D eigenvalue weighted by Crippen LogP contribution is -2.02. The molecule has 0 aliphatic rings. The van der Waals surface area contributed by atoms with Crippen molar-refractivity contribution >= 4 is 5.82 Å². The second kappa shape index (κ2) is 4.08. The van der Waals surface area contributed by atoms with Crippen LogP contribution in [0.4, 0.5) is 5.82 Å². The summed E-state index contributed by atoms with van der Waals surface area (Å²) in [6.45, 7) is 2.96. The average molecular weight is 203 g/mol. The third kappa shape index (κ3) is 1.96. The first-order chi connectivity index (χ1) is 7.31. The number of nitrogens with two attached hydrogens (primary N) is 1. The Kier molecular flexibility index (Phi) is 2.62. The lowest BCUT2D eigenvalue weighted by Gasteiger charge is -2.04. The summed E-state index contributed by atoms with van der Waals surface area (Å²) in [7, 11) is 0. The van der Waals surface area contributed by atoms with Crippen molar-refractivity contribution in [1.29, 1.82) is 0 Å². The van der Waals surface area contributed by atoms with Crippen LogP contribution < -0.4 is 5.73 Å². The van der Waals surface area contributed by atoms with Crippen molar-refractivity contribution in [2.24, 2.45) is 0 Å². The van der Waals surface area contributed by atoms with Gasteiger partial charge in [-0.3, -0.25) is 0 Å². The van der Waals surface area contributed by atoms with Gasteiger partial charge in [0, 0.05) is 18.3 Å². The molecule has 5 heteroatoms. The zero-order valence-electron chi connectivity index (χ0n) is 8.59. The van der Waals surface area contributed by atoms with Crippen molar-refractivity contribution in [3.8, 4) is 11.3 Å². The van der Waals surface area contributed by atoms with Gasteiger partial charge in [-0.05, 0) is 18.6 Å². The number of hydrogen-bond donors (Lipinski definition) is 1. The quantitative estimate of drug-likeness (QED) is 0.817. The molecule has 2 aromatic rings. The van der Waals surface area contributed by atoms with E-state index in [-0.39, 0.29) is 0 Å². The van der Waals surface area contributed by atoms with Gasteiger partial charge in [0.2, 0.25) is 0 Å². The molecule has 0 aromatic carbocycles. The van der Waals surface area contributed by atoms with Crippen LogP contribution in [0.3, 0.4) is 0 Å². The summed E-state index contributed by atoms with van der Waals surface area (Å²) in [6, 6.07) is 3.73. The van der Waals surface area contributed by atoms with Gasteiger partial charge in [0.05, 0.1) is 11.9 Å². The smallest absolute Gasteiger partial charge is 0.123 e. The van der Waals surface area contributed by atoms with Crippen LogP contribution in [0.15, 0.2) is 24.5 Å². The number of aromatic nitrogens is 4. The average Bonchev–Trinajstić information content (AvgIpc) is 2.66. The summed E-state index contributed by atoms with van der Waals surface area (Å²) in [5.41, 5.74) is 7.61. The van der Waals surface area contributed by atoms with Crippen LogP contribution >= 0.6 is 0 Å². The standard InChI is InChI=1S/C10H13N5/c1-2-5-15-9(7-13-14-15)8-3-4-12-10(11)6-8/h3-4,6-7H,2,5H2,1H3,(H2,11,12). The van der Waals surface area contributed by atoms with Crippen LogP contribution in [0.25, 0.3) is 11.3 Å². The van der Waals surface area contributed by atoms with Crippen LogP contribution in [0, 0.1) is 0 Å². The van der Waals surface area contributed by atoms with Crippen molar-refractivity contribution in [1.82, 2.24) is 20.0 Å². The van der Waals surface area contributed by atoms with Gasteiger partial charge in [0.1, 0.15) is 5.82 Å². The zero-order valence-corrected chi connectivity index (χ0v) is 8.59. The molecule has 5 nitrogen and oxygen atoms in total. The highest BCUT2D eigenvalue weighted by Crippen LogP contribution is 2.18. The van der Waals surface area contributed by atoms with Gasteiger partial charge in [0.15, 0.2) is 0 Å². The molecule has 0 unspecified atom stereocenters. The Balaban J connectivity index is 2.40. The van der Waals surface area contributed by atoms with Gasteiger partial charge in [-0.25, -0.2) is 9.67 Å². The van der Waals surface area contributed by atoms with E-state index in [1.165, 1.54) is 0 Å². The number of anilines is 1. The third-order valence-electron chi connectivity index (χ3n) is 2.13. The van der Waals surface area contributed by atoms with Crippen molar-refractivity contribution in [3.05, 3.63) is 24.5 Å². The van der Waals surface area contributed by atoms with E-state index < -0.39 is 0 Å². The number of rotatable bonds is 3. The molecule has 0 fully saturated rings. The predicted octanol–water partition coefficient (Wildman–Crippen LogP) is 1.33. The second-order valence-electron chi connectivity index (χ2n) is 3.31. The lowest BCUT2D eigenvalue weighted by molar-refractivity contribution is 0.584. The fourth-order valence-electron chi connectivity index (χ4n) is 1.47. The van der Waals surface area contributed by atoms with E-state index >= 15 is 0 Å². The Bertz CT molecular complexity index is 449. The first-order valence-corrected chi connectivity index (χ1v) is 4.91. The second-order valence-corrected chi connectivity index (χ2v) is 3.31. The van der Waals surface area contributed by atoms with Crippen molar-refractivity contribution in [3.63, 3.8) is 0 Å². The largest absolute Gasteiger partial charge is 0.384 e. The fourth-order valence-corrected chi connectivity index (χ4v) is 1.47. The Labute approximate surface area is 87.9 Å². The maximum absolute atomic E-state index is 5.63. The van der Waals surface area contributed by atoms with E-state index in [9.17, 15) is 0 Å². The molecule has 0 bridgehead atoms. The molecule has 0 spiro atoms. The van der Waals surface area contributed by atoms with Crippen molar-refractivity contribution in [2.75, 3.05) is 5.73 Å². The lowest BCUT2D eigenvalue weighted by atomic mass is 10.2. The summed E-state index contributed by atoms with van der Waals surface area (Å²) in [6.07, 6.45) is 4.45. The monoisotopic (exact) mass is 203 g/mol. The van der Waals surface area contributed by atoms with Crippen LogP contribution in [-0.4, -0.2) is 20.0 Å². The van der Waals surface area contributed by atoms with Crippen LogP contribution in [0.2, 0.25) is 0 Å². The van der Waals surface area contributed by atoms with Gasteiger partial charge in [-0.2, -0.15) is 0 Å². The molecule has 2 aromatic heterocycles. The topological polar surface area (TPSA) is 69.6 Å². The van der Waals surface area contributed by atoms with Gasteiger partial charge in [-0.1, -0.05) is 12.1 Å². The summed E-state index contributed by atoms with van der Waals surface area (Å²) in [5.74, 6) is 0.511. The summed E-state index contributed by atoms with van der Waals surface area (Å²) in [4.78, 5) is 3.95. The number of pyridine rings is 1. The van der Waals surface area contributed by atoms with Crippen LogP contribution in [-0.2, 0) is 6.54 Å². The van der Waals surface area contributed by atoms with Crippen LogP contribution in [0.1, 0.15) is 13.3 Å². The number of aryl methyl sites for hydroxylation is 1. The normalized spacial score (nSPS) is 10.5. The summed E-state index contributed by atoms with van der Waals surface area (Å²) >= 11 is 0. The van der Waals surface area contributed by atoms with Gasteiger partial charge in [-0.15, -0.1) is 5.10 Å². The minimum absolute atomic E-state index is 0.511. The van der Waals surface area contributed by atoms with E-state index in [4.69, 9.17) is 5.73 Å². The summed E-state index contributed by atoms with van der Waals surface area (Å²) in [5, 5.41) is 7.92. The molecule has 78 valence electrons. The SMILES string of the molecule is CCCn1nncc1-c1ccnc(N)c1. The highest BCUT2D eigenvalue weighted by atomic mass is 15.4. The highest BCUT2D eigenvalue weighted by Gasteiger charge is 2.05. The van der Waals surface area contributed by atoms with Crippen molar-refractivity contribution < 1.29 is 0 Å². The first kappa shape index (κ1) is 9.64. The predicted molar refractivity (Wildman–Crippen MR) is 58.0 cm³/mol. The van der Waals surface area contributed by atoms with E-state index in [2.05, 4.69) is 22.2 Å². The van der Waals surface area contributed by atoms with E-state index in [1.807, 2.05) is 16.8 Å². The Morgan fingerprint density at radius 1 is 1.47 bits per heavy atom. The molecule has 2 rings (SSSR count). The first-order valence-electron chi connectivity index (χ1n) is 4.91. The fraction of sp³-hybridized carbons (Fsp3) is 0.300. The Hall–Kier alpha value is -1.91. The molecular formula is C10H13N5. The zero-order chi connectivity index (χ0) is 10.7. The molecule has 2 N–H and O–H groups in total. The van der Waals surface area contributed by atoms with E-state index in [0.29, 0.717) is 5.82 Å². The molecule has 15 heavy (non-hydrogen) atoms. The van der Waals surface area contributed by atoms with Gasteiger partial charge >= 0.3 is 0 Å². The molecule has 0 aliphatic heterocycles. The maximum Gasteiger partial charge on any atom is 0.123 e. The van der Waals surface area contributed by atoms with Crippen LogP contribution in [0.5, 0.6) is 0 Å². The minimum Gasteiger partial charge on any atom is -0.384 e. The molecule has 0 saturated carbocycles. The van der Waals surface area contributed by atoms with Gasteiger partial charge < -0.3 is 5.73 Å². The molecule has 0 amide bonds. The number of nitrogens with zero attached hydrogens (tertiary/aromatic N) is 4. The molecule has 0 aliphatic carbocycles. The molecule has 0 atom stereocenters. The third-order valence-corrected chi connectivity index (χ3v) is 2.13. The molecular weight excluding hydrogens is 190 g/mol. The molecule has 2 heterocycles. The van der Waals surface area contributed by atoms with E-state index in [1.54, 1.807) is 12.4 Å². The highest BCUT2D eigenvalue weighted by molar-refractivity contribution is 5.61. The number of hydrogen-bond acceptors (Lipinski definition) is 4. The molecule has 0 saturated heterocycles. The summed E-state index contributed by atoms with van der Waals surface area (Å²) < 4.78 is 1.87. The maximum atomic E-state index is 5.63.